The first-order valence-corrected chi connectivity index (χ1v) is 9.03. The molecule has 1 aliphatic rings. The maximum atomic E-state index is 12.2. The Kier molecular flexibility index (Phi) is 5.85. The van der Waals surface area contributed by atoms with Crippen LogP contribution in [0.2, 0.25) is 0 Å². The number of hydrogen-bond donors (Lipinski definition) is 1. The van der Waals surface area contributed by atoms with Gasteiger partial charge >= 0.3 is 0 Å². The van der Waals surface area contributed by atoms with Crippen molar-refractivity contribution in [1.82, 2.24) is 4.57 Å². The van der Waals surface area contributed by atoms with Gasteiger partial charge in [-0.05, 0) is 37.1 Å². The molecule has 1 aromatic heterocycles. The summed E-state index contributed by atoms with van der Waals surface area (Å²) in [5.41, 5.74) is 1.05. The summed E-state index contributed by atoms with van der Waals surface area (Å²) >= 11 is 0. The second kappa shape index (κ2) is 8.48. The molecular weight excluding hydrogens is 348 g/mol. The van der Waals surface area contributed by atoms with E-state index in [1.165, 1.54) is 25.7 Å². The van der Waals surface area contributed by atoms with Crippen LogP contribution in [0.15, 0.2) is 47.4 Å². The normalized spacial score (nSPS) is 14.4. The molecule has 1 N–H and O–H groups in total. The number of aromatic nitrogens is 1. The molecular formula is C19H22N4O4. The van der Waals surface area contributed by atoms with Crippen molar-refractivity contribution in [3.8, 4) is 0 Å². The number of hydrogen-bond acceptors (Lipinski definition) is 5. The highest BCUT2D eigenvalue weighted by Crippen LogP contribution is 2.21. The molecule has 0 bridgehead atoms. The third kappa shape index (κ3) is 4.93. The molecule has 8 heteroatoms. The summed E-state index contributed by atoms with van der Waals surface area (Å²) in [5.74, 6) is -0.417. The molecule has 2 heterocycles. The van der Waals surface area contributed by atoms with Crippen LogP contribution in [0.25, 0.3) is 0 Å². The Morgan fingerprint density at radius 2 is 1.70 bits per heavy atom. The zero-order chi connectivity index (χ0) is 19.2. The van der Waals surface area contributed by atoms with Gasteiger partial charge in [-0.15, -0.1) is 0 Å². The van der Waals surface area contributed by atoms with E-state index in [9.17, 15) is 19.7 Å². The number of pyridine rings is 1. The number of anilines is 2. The molecule has 1 saturated heterocycles. The van der Waals surface area contributed by atoms with Crippen molar-refractivity contribution in [2.45, 2.75) is 32.2 Å². The molecule has 0 aliphatic carbocycles. The quantitative estimate of drug-likeness (QED) is 0.645. The Morgan fingerprint density at radius 1 is 1.04 bits per heavy atom. The van der Waals surface area contributed by atoms with Crippen LogP contribution >= 0.6 is 0 Å². The smallest absolute Gasteiger partial charge is 0.285 e. The Hall–Kier alpha value is -3.16. The highest BCUT2D eigenvalue weighted by molar-refractivity contribution is 5.90. The van der Waals surface area contributed by atoms with Crippen LogP contribution in [0.1, 0.15) is 25.7 Å². The molecule has 0 radical (unpaired) electrons. The molecule has 1 aliphatic heterocycles. The van der Waals surface area contributed by atoms with Crippen LogP contribution in [0.5, 0.6) is 0 Å². The topological polar surface area (TPSA) is 97.5 Å². The van der Waals surface area contributed by atoms with E-state index < -0.39 is 16.4 Å². The summed E-state index contributed by atoms with van der Waals surface area (Å²) in [6.45, 7) is 1.80. The molecule has 0 unspecified atom stereocenters. The first-order chi connectivity index (χ1) is 13.0. The first-order valence-electron chi connectivity index (χ1n) is 9.03. The van der Waals surface area contributed by atoms with Gasteiger partial charge < -0.3 is 10.2 Å². The average molecular weight is 370 g/mol. The van der Waals surface area contributed by atoms with E-state index in [-0.39, 0.29) is 12.2 Å². The van der Waals surface area contributed by atoms with Crippen molar-refractivity contribution in [3.63, 3.8) is 0 Å². The minimum atomic E-state index is -0.602. The summed E-state index contributed by atoms with van der Waals surface area (Å²) in [4.78, 5) is 36.5. The standard InChI is InChI=1S/C19H22N4O4/c24-18(14-22-13-17(23(26)27)9-10-19(22)25)20-15-5-7-16(8-6-15)21-11-3-1-2-4-12-21/h5-10,13H,1-4,11-12,14H2,(H,20,24). The van der Waals surface area contributed by atoms with Gasteiger partial charge in [0.15, 0.2) is 0 Å². The molecule has 27 heavy (non-hydrogen) atoms. The molecule has 2 aromatic rings. The first kappa shape index (κ1) is 18.6. The van der Waals surface area contributed by atoms with Gasteiger partial charge in [0.2, 0.25) is 5.91 Å². The van der Waals surface area contributed by atoms with Gasteiger partial charge in [-0.25, -0.2) is 0 Å². The lowest BCUT2D eigenvalue weighted by molar-refractivity contribution is -0.385. The maximum absolute atomic E-state index is 12.2. The van der Waals surface area contributed by atoms with E-state index in [2.05, 4.69) is 10.2 Å². The van der Waals surface area contributed by atoms with Crippen LogP contribution in [0.3, 0.4) is 0 Å². The predicted molar refractivity (Wildman–Crippen MR) is 103 cm³/mol. The molecule has 3 rings (SSSR count). The van der Waals surface area contributed by atoms with Crippen LogP contribution in [0.4, 0.5) is 17.1 Å². The maximum Gasteiger partial charge on any atom is 0.285 e. The number of nitro groups is 1. The number of rotatable bonds is 5. The minimum absolute atomic E-state index is 0.232. The summed E-state index contributed by atoms with van der Waals surface area (Å²) in [5, 5.41) is 13.5. The van der Waals surface area contributed by atoms with Crippen molar-refractivity contribution in [1.29, 1.82) is 0 Å². The van der Waals surface area contributed by atoms with Crippen LogP contribution < -0.4 is 15.8 Å². The van der Waals surface area contributed by atoms with Gasteiger partial charge in [0.25, 0.3) is 11.2 Å². The van der Waals surface area contributed by atoms with E-state index in [1.807, 2.05) is 24.3 Å². The Balaban J connectivity index is 1.63. The highest BCUT2D eigenvalue weighted by Gasteiger charge is 2.12. The molecule has 1 aromatic carbocycles. The molecule has 0 atom stereocenters. The highest BCUT2D eigenvalue weighted by atomic mass is 16.6. The Morgan fingerprint density at radius 3 is 2.33 bits per heavy atom. The van der Waals surface area contributed by atoms with E-state index in [1.54, 1.807) is 0 Å². The third-order valence-electron chi connectivity index (χ3n) is 4.61. The summed E-state index contributed by atoms with van der Waals surface area (Å²) in [7, 11) is 0. The lowest BCUT2D eigenvalue weighted by Gasteiger charge is -2.22. The zero-order valence-corrected chi connectivity index (χ0v) is 15.0. The molecule has 1 fully saturated rings. The molecule has 142 valence electrons. The number of amides is 1. The van der Waals surface area contributed by atoms with Crippen molar-refractivity contribution in [3.05, 3.63) is 63.1 Å². The SMILES string of the molecule is O=C(Cn1cc([N+](=O)[O-])ccc1=O)Nc1ccc(N2CCCCCC2)cc1. The van der Waals surface area contributed by atoms with Gasteiger partial charge in [0, 0.05) is 36.6 Å². The molecule has 1 amide bonds. The van der Waals surface area contributed by atoms with E-state index >= 15 is 0 Å². The fourth-order valence-electron chi connectivity index (χ4n) is 3.19. The number of carbonyl (C=O) groups is 1. The zero-order valence-electron chi connectivity index (χ0n) is 15.0. The number of carbonyl (C=O) groups excluding carboxylic acids is 1. The number of nitrogens with zero attached hydrogens (tertiary/aromatic N) is 3. The van der Waals surface area contributed by atoms with Crippen LogP contribution in [-0.2, 0) is 11.3 Å². The summed E-state index contributed by atoms with van der Waals surface area (Å²) in [6, 6.07) is 9.81. The van der Waals surface area contributed by atoms with Gasteiger partial charge in [-0.2, -0.15) is 0 Å². The third-order valence-corrected chi connectivity index (χ3v) is 4.61. The van der Waals surface area contributed by atoms with Crippen LogP contribution in [0, 0.1) is 10.1 Å². The predicted octanol–water partition coefficient (Wildman–Crippen LogP) is 2.78. The fraction of sp³-hybridized carbons (Fsp3) is 0.368. The van der Waals surface area contributed by atoms with Crippen molar-refractivity contribution < 1.29 is 9.72 Å². The second-order valence-corrected chi connectivity index (χ2v) is 6.61. The van der Waals surface area contributed by atoms with Crippen molar-refractivity contribution in [2.75, 3.05) is 23.3 Å². The lowest BCUT2D eigenvalue weighted by atomic mass is 10.2. The van der Waals surface area contributed by atoms with Gasteiger partial charge in [-0.3, -0.25) is 24.3 Å². The molecule has 0 spiro atoms. The fourth-order valence-corrected chi connectivity index (χ4v) is 3.19. The van der Waals surface area contributed by atoms with Gasteiger partial charge in [-0.1, -0.05) is 12.8 Å². The van der Waals surface area contributed by atoms with E-state index in [0.29, 0.717) is 5.69 Å². The minimum Gasteiger partial charge on any atom is -0.372 e. The molecule has 0 saturated carbocycles. The summed E-state index contributed by atoms with van der Waals surface area (Å²) in [6.07, 6.45) is 5.99. The van der Waals surface area contributed by atoms with Gasteiger partial charge in [0.05, 0.1) is 11.1 Å². The van der Waals surface area contributed by atoms with Crippen LogP contribution in [-0.4, -0.2) is 28.5 Å². The van der Waals surface area contributed by atoms with Crippen molar-refractivity contribution >= 4 is 23.0 Å². The van der Waals surface area contributed by atoms with Crippen molar-refractivity contribution in [2.24, 2.45) is 0 Å². The summed E-state index contributed by atoms with van der Waals surface area (Å²) < 4.78 is 1.03. The van der Waals surface area contributed by atoms with Gasteiger partial charge in [0.1, 0.15) is 6.54 Å². The Bertz CT molecular complexity index is 868. The Labute approximate surface area is 156 Å². The largest absolute Gasteiger partial charge is 0.372 e. The average Bonchev–Trinajstić information content (AvgIpc) is 2.93. The number of benzene rings is 1. The van der Waals surface area contributed by atoms with E-state index in [4.69, 9.17) is 0 Å². The molecule has 8 nitrogen and oxygen atoms in total. The van der Waals surface area contributed by atoms with E-state index in [0.717, 1.165) is 41.7 Å². The lowest BCUT2D eigenvalue weighted by Crippen LogP contribution is -2.27. The number of nitrogens with one attached hydrogen (secondary N) is 1. The monoisotopic (exact) mass is 370 g/mol. The second-order valence-electron chi connectivity index (χ2n) is 6.61.